The van der Waals surface area contributed by atoms with Crippen molar-refractivity contribution in [1.82, 2.24) is 5.16 Å². The Bertz CT molecular complexity index is 669. The lowest BCUT2D eigenvalue weighted by Gasteiger charge is -2.17. The predicted molar refractivity (Wildman–Crippen MR) is 60.8 cm³/mol. The Morgan fingerprint density at radius 2 is 2.28 bits per heavy atom. The van der Waals surface area contributed by atoms with Gasteiger partial charge in [0.15, 0.2) is 18.1 Å². The van der Waals surface area contributed by atoms with Gasteiger partial charge in [-0.25, -0.2) is 0 Å². The molecule has 1 aromatic heterocycles. The number of aromatic nitrogens is 1. The van der Waals surface area contributed by atoms with E-state index in [0.717, 1.165) is 0 Å². The van der Waals surface area contributed by atoms with Gasteiger partial charge in [-0.05, 0) is 18.2 Å². The SMILES string of the molecule is N#Cc1cc(-c2ccc3c(c2)NC(=O)CO3)on1. The molecule has 0 atom stereocenters. The topological polar surface area (TPSA) is 88.2 Å². The van der Waals surface area contributed by atoms with Crippen LogP contribution in [0, 0.1) is 11.3 Å². The van der Waals surface area contributed by atoms with Gasteiger partial charge in [-0.15, -0.1) is 0 Å². The molecule has 1 aliphatic heterocycles. The molecule has 0 aliphatic carbocycles. The lowest BCUT2D eigenvalue weighted by Crippen LogP contribution is -2.25. The highest BCUT2D eigenvalue weighted by Crippen LogP contribution is 2.32. The number of carbonyl (C=O) groups excluding carboxylic acids is 1. The Kier molecular flexibility index (Phi) is 2.24. The molecular formula is C12H7N3O3. The molecule has 0 bridgehead atoms. The fraction of sp³-hybridized carbons (Fsp3) is 0.0833. The Balaban J connectivity index is 2.01. The minimum atomic E-state index is -0.199. The summed E-state index contributed by atoms with van der Waals surface area (Å²) in [5, 5.41) is 15.0. The molecular weight excluding hydrogens is 234 g/mol. The van der Waals surface area contributed by atoms with Crippen LogP contribution < -0.4 is 10.1 Å². The second-order valence-electron chi connectivity index (χ2n) is 3.74. The van der Waals surface area contributed by atoms with Crippen molar-refractivity contribution in [3.63, 3.8) is 0 Å². The second kappa shape index (κ2) is 3.89. The maximum Gasteiger partial charge on any atom is 0.262 e. The second-order valence-corrected chi connectivity index (χ2v) is 3.74. The number of nitriles is 1. The van der Waals surface area contributed by atoms with Crippen molar-refractivity contribution in [2.45, 2.75) is 0 Å². The number of ether oxygens (including phenoxy) is 1. The van der Waals surface area contributed by atoms with Crippen LogP contribution in [-0.4, -0.2) is 17.7 Å². The predicted octanol–water partition coefficient (Wildman–Crippen LogP) is 1.54. The van der Waals surface area contributed by atoms with Crippen LogP contribution in [-0.2, 0) is 4.79 Å². The summed E-state index contributed by atoms with van der Waals surface area (Å²) >= 11 is 0. The van der Waals surface area contributed by atoms with Crippen molar-refractivity contribution in [3.8, 4) is 23.1 Å². The lowest BCUT2D eigenvalue weighted by atomic mass is 10.1. The third-order valence-corrected chi connectivity index (χ3v) is 2.52. The number of nitrogens with one attached hydrogen (secondary N) is 1. The number of carbonyl (C=O) groups is 1. The third kappa shape index (κ3) is 1.68. The van der Waals surface area contributed by atoms with Crippen molar-refractivity contribution in [3.05, 3.63) is 30.0 Å². The van der Waals surface area contributed by atoms with Crippen molar-refractivity contribution in [1.29, 1.82) is 5.26 Å². The van der Waals surface area contributed by atoms with Crippen LogP contribution in [0.4, 0.5) is 5.69 Å². The summed E-state index contributed by atoms with van der Waals surface area (Å²) in [7, 11) is 0. The molecule has 0 saturated carbocycles. The van der Waals surface area contributed by atoms with Gasteiger partial charge in [0.2, 0.25) is 0 Å². The van der Waals surface area contributed by atoms with E-state index in [2.05, 4.69) is 10.5 Å². The first kappa shape index (κ1) is 10.4. The van der Waals surface area contributed by atoms with E-state index >= 15 is 0 Å². The average Bonchev–Trinajstić information content (AvgIpc) is 2.86. The van der Waals surface area contributed by atoms with E-state index in [1.807, 2.05) is 6.07 Å². The third-order valence-electron chi connectivity index (χ3n) is 2.52. The summed E-state index contributed by atoms with van der Waals surface area (Å²) in [5.74, 6) is 0.877. The smallest absolute Gasteiger partial charge is 0.262 e. The molecule has 0 fully saturated rings. The minimum absolute atomic E-state index is 0.0211. The molecule has 2 heterocycles. The minimum Gasteiger partial charge on any atom is -0.482 e. The van der Waals surface area contributed by atoms with E-state index in [4.69, 9.17) is 14.5 Å². The summed E-state index contributed by atoms with van der Waals surface area (Å²) in [6, 6.07) is 8.65. The van der Waals surface area contributed by atoms with Crippen LogP contribution >= 0.6 is 0 Å². The van der Waals surface area contributed by atoms with E-state index in [1.165, 1.54) is 6.07 Å². The summed E-state index contributed by atoms with van der Waals surface area (Å²) in [4.78, 5) is 11.2. The number of amides is 1. The number of hydrogen-bond acceptors (Lipinski definition) is 5. The fourth-order valence-corrected chi connectivity index (χ4v) is 1.70. The van der Waals surface area contributed by atoms with Crippen molar-refractivity contribution >= 4 is 11.6 Å². The first-order chi connectivity index (χ1) is 8.76. The summed E-state index contributed by atoms with van der Waals surface area (Å²) in [6.45, 7) is 0.0211. The largest absolute Gasteiger partial charge is 0.482 e. The van der Waals surface area contributed by atoms with Crippen molar-refractivity contribution < 1.29 is 14.1 Å². The number of benzene rings is 1. The number of rotatable bonds is 1. The van der Waals surface area contributed by atoms with E-state index < -0.39 is 0 Å². The summed E-state index contributed by atoms with van der Waals surface area (Å²) < 4.78 is 10.3. The molecule has 2 aromatic rings. The quantitative estimate of drug-likeness (QED) is 0.818. The van der Waals surface area contributed by atoms with Gasteiger partial charge in [0.05, 0.1) is 5.69 Å². The normalized spacial score (nSPS) is 13.2. The molecule has 88 valence electrons. The molecule has 18 heavy (non-hydrogen) atoms. The van der Waals surface area contributed by atoms with E-state index in [0.29, 0.717) is 22.8 Å². The molecule has 0 spiro atoms. The summed E-state index contributed by atoms with van der Waals surface area (Å²) in [5.41, 5.74) is 1.51. The summed E-state index contributed by atoms with van der Waals surface area (Å²) in [6.07, 6.45) is 0. The van der Waals surface area contributed by atoms with Crippen LogP contribution in [0.3, 0.4) is 0 Å². The van der Waals surface area contributed by atoms with Crippen LogP contribution in [0.25, 0.3) is 11.3 Å². The molecule has 6 heteroatoms. The van der Waals surface area contributed by atoms with Crippen molar-refractivity contribution in [2.75, 3.05) is 11.9 Å². The molecule has 6 nitrogen and oxygen atoms in total. The van der Waals surface area contributed by atoms with Gasteiger partial charge in [-0.2, -0.15) is 5.26 Å². The Morgan fingerprint density at radius 3 is 3.06 bits per heavy atom. The standard InChI is InChI=1S/C12H7N3O3/c13-5-8-4-11(18-15-8)7-1-2-10-9(3-7)14-12(16)6-17-10/h1-4H,6H2,(H,14,16). The molecule has 0 radical (unpaired) electrons. The van der Waals surface area contributed by atoms with E-state index in [1.54, 1.807) is 18.2 Å². The maximum atomic E-state index is 11.2. The Labute approximate surface area is 102 Å². The fourth-order valence-electron chi connectivity index (χ4n) is 1.70. The lowest BCUT2D eigenvalue weighted by molar-refractivity contribution is -0.118. The molecule has 0 saturated heterocycles. The van der Waals surface area contributed by atoms with Gasteiger partial charge in [0, 0.05) is 11.6 Å². The van der Waals surface area contributed by atoms with Crippen LogP contribution in [0.15, 0.2) is 28.8 Å². The van der Waals surface area contributed by atoms with Crippen molar-refractivity contribution in [2.24, 2.45) is 0 Å². The molecule has 3 rings (SSSR count). The Hall–Kier alpha value is -2.81. The van der Waals surface area contributed by atoms with Crippen LogP contribution in [0.5, 0.6) is 5.75 Å². The zero-order chi connectivity index (χ0) is 12.5. The first-order valence-electron chi connectivity index (χ1n) is 5.20. The highest BCUT2D eigenvalue weighted by molar-refractivity contribution is 5.96. The number of hydrogen-bond donors (Lipinski definition) is 1. The number of fused-ring (bicyclic) bond motifs is 1. The molecule has 1 aliphatic rings. The zero-order valence-corrected chi connectivity index (χ0v) is 9.14. The van der Waals surface area contributed by atoms with Gasteiger partial charge in [0.1, 0.15) is 11.8 Å². The van der Waals surface area contributed by atoms with Gasteiger partial charge in [0.25, 0.3) is 5.91 Å². The average molecular weight is 241 g/mol. The van der Waals surface area contributed by atoms with E-state index in [9.17, 15) is 4.79 Å². The number of nitrogens with zero attached hydrogens (tertiary/aromatic N) is 2. The molecule has 0 unspecified atom stereocenters. The van der Waals surface area contributed by atoms with Gasteiger partial charge >= 0.3 is 0 Å². The van der Waals surface area contributed by atoms with Gasteiger partial charge in [-0.3, -0.25) is 4.79 Å². The number of anilines is 1. The van der Waals surface area contributed by atoms with Crippen LogP contribution in [0.2, 0.25) is 0 Å². The molecule has 1 N–H and O–H groups in total. The molecule has 1 amide bonds. The Morgan fingerprint density at radius 1 is 1.39 bits per heavy atom. The monoisotopic (exact) mass is 241 g/mol. The van der Waals surface area contributed by atoms with Gasteiger partial charge < -0.3 is 14.6 Å². The zero-order valence-electron chi connectivity index (χ0n) is 9.14. The van der Waals surface area contributed by atoms with Gasteiger partial charge in [-0.1, -0.05) is 5.16 Å². The highest BCUT2D eigenvalue weighted by atomic mass is 16.5. The maximum absolute atomic E-state index is 11.2. The van der Waals surface area contributed by atoms with Crippen LogP contribution in [0.1, 0.15) is 5.69 Å². The first-order valence-corrected chi connectivity index (χ1v) is 5.20. The highest BCUT2D eigenvalue weighted by Gasteiger charge is 2.17. The molecule has 1 aromatic carbocycles. The van der Waals surface area contributed by atoms with E-state index in [-0.39, 0.29) is 18.2 Å².